The van der Waals surface area contributed by atoms with Crippen molar-refractivity contribution in [2.24, 2.45) is 0 Å². The Bertz CT molecular complexity index is 392. The van der Waals surface area contributed by atoms with Gasteiger partial charge in [0.25, 0.3) is 0 Å². The van der Waals surface area contributed by atoms with Gasteiger partial charge in [0.15, 0.2) is 0 Å². The summed E-state index contributed by atoms with van der Waals surface area (Å²) in [5.41, 5.74) is 1.41. The number of hydrogen-bond acceptors (Lipinski definition) is 3. The number of benzene rings is 1. The Labute approximate surface area is 160 Å². The van der Waals surface area contributed by atoms with E-state index < -0.39 is 0 Å². The van der Waals surface area contributed by atoms with E-state index in [2.05, 4.69) is 56.0 Å². The van der Waals surface area contributed by atoms with Crippen molar-refractivity contribution in [3.05, 3.63) is 35.9 Å². The van der Waals surface area contributed by atoms with Crippen LogP contribution in [0.5, 0.6) is 0 Å². The Kier molecular flexibility index (Phi) is 14.2. The van der Waals surface area contributed by atoms with Gasteiger partial charge in [0, 0.05) is 24.6 Å². The Morgan fingerprint density at radius 2 is 1.64 bits per heavy atom. The molecule has 0 amide bonds. The number of unbranched alkanes of at least 4 members (excludes halogenated alkanes) is 3. The number of ether oxygens (including phenoxy) is 1. The molecule has 2 nitrogen and oxygen atoms in total. The molecule has 0 N–H and O–H groups in total. The van der Waals surface area contributed by atoms with Crippen LogP contribution in [0.1, 0.15) is 71.3 Å². The van der Waals surface area contributed by atoms with Crippen LogP contribution in [0.4, 0.5) is 0 Å². The first-order valence-electron chi connectivity index (χ1n) is 10.3. The molecule has 0 spiro atoms. The third-order valence-corrected chi connectivity index (χ3v) is 5.51. The molecule has 144 valence electrons. The highest BCUT2D eigenvalue weighted by Crippen LogP contribution is 2.18. The number of rotatable bonds is 16. The lowest BCUT2D eigenvalue weighted by molar-refractivity contribution is -0.0165. The minimum atomic E-state index is 0.391. The molecule has 1 aromatic rings. The zero-order chi connectivity index (χ0) is 18.2. The van der Waals surface area contributed by atoms with E-state index in [1.165, 1.54) is 50.5 Å². The first-order valence-corrected chi connectivity index (χ1v) is 11.4. The van der Waals surface area contributed by atoms with Crippen molar-refractivity contribution in [1.82, 2.24) is 4.90 Å². The Hall–Kier alpha value is -0.510. The van der Waals surface area contributed by atoms with E-state index in [0.717, 1.165) is 31.3 Å². The van der Waals surface area contributed by atoms with Gasteiger partial charge in [0.2, 0.25) is 0 Å². The summed E-state index contributed by atoms with van der Waals surface area (Å²) in [6.07, 6.45) is 9.28. The predicted molar refractivity (Wildman–Crippen MR) is 113 cm³/mol. The highest BCUT2D eigenvalue weighted by atomic mass is 32.2. The summed E-state index contributed by atoms with van der Waals surface area (Å²) in [7, 11) is 0. The van der Waals surface area contributed by atoms with Gasteiger partial charge in [-0.1, -0.05) is 76.8 Å². The molecule has 0 aliphatic heterocycles. The normalized spacial score (nSPS) is 12.6. The average Bonchev–Trinajstić information content (AvgIpc) is 2.63. The van der Waals surface area contributed by atoms with Crippen molar-refractivity contribution in [3.8, 4) is 0 Å². The summed E-state index contributed by atoms with van der Waals surface area (Å²) in [4.78, 5) is 2.46. The number of thioether (sulfide) groups is 1. The molecule has 1 unspecified atom stereocenters. The summed E-state index contributed by atoms with van der Waals surface area (Å²) >= 11 is 2.01. The number of hydrogen-bond donors (Lipinski definition) is 0. The molecule has 0 aromatic heterocycles. The van der Waals surface area contributed by atoms with Crippen LogP contribution in [-0.4, -0.2) is 36.6 Å². The van der Waals surface area contributed by atoms with E-state index in [4.69, 9.17) is 4.74 Å². The lowest BCUT2D eigenvalue weighted by Crippen LogP contribution is -2.31. The third-order valence-electron chi connectivity index (χ3n) is 4.37. The molecule has 0 radical (unpaired) electrons. The van der Waals surface area contributed by atoms with Crippen molar-refractivity contribution in [2.75, 3.05) is 25.6 Å². The minimum Gasteiger partial charge on any atom is -0.362 e. The smallest absolute Gasteiger partial charge is 0.0994 e. The molecule has 0 saturated heterocycles. The molecule has 0 bridgehead atoms. The van der Waals surface area contributed by atoms with E-state index in [1.807, 2.05) is 11.8 Å². The van der Waals surface area contributed by atoms with Crippen molar-refractivity contribution in [1.29, 1.82) is 0 Å². The molecule has 0 aliphatic rings. The maximum absolute atomic E-state index is 6.33. The predicted octanol–water partition coefficient (Wildman–Crippen LogP) is 6.35. The zero-order valence-corrected chi connectivity index (χ0v) is 17.5. The molecule has 25 heavy (non-hydrogen) atoms. The highest BCUT2D eigenvalue weighted by Gasteiger charge is 2.12. The van der Waals surface area contributed by atoms with Crippen LogP contribution < -0.4 is 0 Å². The minimum absolute atomic E-state index is 0.391. The van der Waals surface area contributed by atoms with Crippen LogP contribution in [0.2, 0.25) is 0 Å². The fraction of sp³-hybridized carbons (Fsp3) is 0.727. The van der Waals surface area contributed by atoms with Gasteiger partial charge in [-0.25, -0.2) is 0 Å². The van der Waals surface area contributed by atoms with Crippen molar-refractivity contribution in [3.63, 3.8) is 0 Å². The van der Waals surface area contributed by atoms with Gasteiger partial charge in [-0.05, 0) is 24.8 Å². The molecule has 0 saturated carbocycles. The molecule has 1 atom stereocenters. The van der Waals surface area contributed by atoms with E-state index in [-0.39, 0.29) is 0 Å². The Morgan fingerprint density at radius 1 is 0.920 bits per heavy atom. The quantitative estimate of drug-likeness (QED) is 0.250. The van der Waals surface area contributed by atoms with Crippen LogP contribution >= 0.6 is 11.8 Å². The van der Waals surface area contributed by atoms with Gasteiger partial charge in [-0.15, -0.1) is 0 Å². The second-order valence-corrected chi connectivity index (χ2v) is 7.92. The lowest BCUT2D eigenvalue weighted by atomic mass is 10.1. The molecular formula is C22H39NOS. The maximum Gasteiger partial charge on any atom is 0.0994 e. The molecule has 1 aromatic carbocycles. The summed E-state index contributed by atoms with van der Waals surface area (Å²) in [5, 5.41) is 0. The van der Waals surface area contributed by atoms with E-state index in [1.54, 1.807) is 0 Å². The topological polar surface area (TPSA) is 12.5 Å². The van der Waals surface area contributed by atoms with Gasteiger partial charge >= 0.3 is 0 Å². The molecule has 0 aliphatic carbocycles. The first kappa shape index (κ1) is 22.5. The summed E-state index contributed by atoms with van der Waals surface area (Å²) < 4.78 is 6.33. The molecule has 1 rings (SSSR count). The van der Waals surface area contributed by atoms with Crippen molar-refractivity contribution >= 4 is 11.8 Å². The lowest BCUT2D eigenvalue weighted by Gasteiger charge is -2.25. The van der Waals surface area contributed by atoms with Crippen LogP contribution in [0.3, 0.4) is 0 Å². The van der Waals surface area contributed by atoms with Gasteiger partial charge in [-0.2, -0.15) is 11.8 Å². The molecule has 3 heteroatoms. The van der Waals surface area contributed by atoms with Crippen molar-refractivity contribution < 1.29 is 4.74 Å². The van der Waals surface area contributed by atoms with Gasteiger partial charge in [-0.3, -0.25) is 4.90 Å². The monoisotopic (exact) mass is 365 g/mol. The maximum atomic E-state index is 6.33. The summed E-state index contributed by atoms with van der Waals surface area (Å²) in [6, 6.07) is 10.8. The van der Waals surface area contributed by atoms with E-state index >= 15 is 0 Å². The summed E-state index contributed by atoms with van der Waals surface area (Å²) in [6.45, 7) is 9.87. The fourth-order valence-corrected chi connectivity index (χ4v) is 4.05. The molecule has 0 heterocycles. The number of nitrogens with zero attached hydrogens (tertiary/aromatic N) is 1. The molecular weight excluding hydrogens is 326 g/mol. The second-order valence-electron chi connectivity index (χ2n) is 6.89. The van der Waals surface area contributed by atoms with Gasteiger partial charge in [0.1, 0.15) is 0 Å². The Balaban J connectivity index is 2.38. The fourth-order valence-electron chi connectivity index (χ4n) is 2.98. The largest absolute Gasteiger partial charge is 0.362 e. The van der Waals surface area contributed by atoms with Crippen molar-refractivity contribution in [2.45, 2.75) is 77.6 Å². The van der Waals surface area contributed by atoms with Crippen LogP contribution in [0.15, 0.2) is 30.3 Å². The third kappa shape index (κ3) is 11.7. The van der Waals surface area contributed by atoms with Crippen LogP contribution in [0.25, 0.3) is 0 Å². The van der Waals surface area contributed by atoms with Crippen LogP contribution in [0, 0.1) is 0 Å². The Morgan fingerprint density at radius 3 is 2.28 bits per heavy atom. The van der Waals surface area contributed by atoms with Crippen LogP contribution in [-0.2, 0) is 10.5 Å². The average molecular weight is 366 g/mol. The van der Waals surface area contributed by atoms with E-state index in [0.29, 0.717) is 6.10 Å². The van der Waals surface area contributed by atoms with E-state index in [9.17, 15) is 0 Å². The zero-order valence-electron chi connectivity index (χ0n) is 16.7. The highest BCUT2D eigenvalue weighted by molar-refractivity contribution is 7.98. The van der Waals surface area contributed by atoms with Gasteiger partial charge in [0.05, 0.1) is 12.8 Å². The summed E-state index contributed by atoms with van der Waals surface area (Å²) in [5.74, 6) is 2.19. The standard InChI is InChI=1S/C22H39NOS/c1-4-7-8-12-15-22(24-20-23(16-5-2)17-6-3)19-25-18-21-13-10-9-11-14-21/h9-11,13-14,22H,4-8,12,15-20H2,1-3H3. The molecule has 0 fully saturated rings. The van der Waals surface area contributed by atoms with Gasteiger partial charge < -0.3 is 4.74 Å². The SMILES string of the molecule is CCCCCCC(CSCc1ccccc1)OCN(CCC)CCC. The first-order chi connectivity index (χ1) is 12.3. The second kappa shape index (κ2) is 15.7.